The molecule has 1 aliphatic rings. The number of nitrogens with one attached hydrogen (secondary N) is 2. The Bertz CT molecular complexity index is 767. The fraction of sp³-hybridized carbons (Fsp3) is 0.529. The maximum absolute atomic E-state index is 12.6. The molecule has 1 amide bonds. The molecule has 0 aliphatic carbocycles. The average molecular weight is 343 g/mol. The van der Waals surface area contributed by atoms with Crippen LogP contribution in [0.3, 0.4) is 0 Å². The van der Waals surface area contributed by atoms with E-state index >= 15 is 0 Å². The number of nitriles is 1. The molecule has 1 saturated heterocycles. The molecule has 3 rings (SSSR count). The summed E-state index contributed by atoms with van der Waals surface area (Å²) in [4.78, 5) is 19.8. The van der Waals surface area contributed by atoms with E-state index in [1.807, 2.05) is 19.9 Å². The molecule has 1 aliphatic heterocycles. The number of hydrogen-bond acceptors (Lipinski definition) is 6. The Kier molecular flexibility index (Phi) is 5.14. The van der Waals surface area contributed by atoms with Gasteiger partial charge in [0.2, 0.25) is 5.89 Å². The zero-order chi connectivity index (χ0) is 17.8. The highest BCUT2D eigenvalue weighted by Gasteiger charge is 2.32. The van der Waals surface area contributed by atoms with E-state index in [9.17, 15) is 4.79 Å². The van der Waals surface area contributed by atoms with Crippen molar-refractivity contribution in [3.05, 3.63) is 35.2 Å². The van der Waals surface area contributed by atoms with E-state index in [1.54, 1.807) is 0 Å². The van der Waals surface area contributed by atoms with Crippen LogP contribution in [0.2, 0.25) is 0 Å². The van der Waals surface area contributed by atoms with Gasteiger partial charge in [0, 0.05) is 25.3 Å². The second-order valence-electron chi connectivity index (χ2n) is 6.46. The molecule has 2 N–H and O–H groups in total. The Morgan fingerprint density at radius 2 is 2.20 bits per heavy atom. The first-order chi connectivity index (χ1) is 12.1. The largest absolute Gasteiger partial charge is 0.381 e. The second-order valence-corrected chi connectivity index (χ2v) is 6.46. The molecule has 0 radical (unpaired) electrons. The molecule has 2 aromatic rings. The van der Waals surface area contributed by atoms with Crippen molar-refractivity contribution in [1.29, 1.82) is 5.26 Å². The third kappa shape index (κ3) is 3.88. The predicted molar refractivity (Wildman–Crippen MR) is 87.6 cm³/mol. The van der Waals surface area contributed by atoms with Crippen molar-refractivity contribution in [2.75, 3.05) is 13.2 Å². The van der Waals surface area contributed by atoms with Crippen LogP contribution in [0.25, 0.3) is 0 Å². The highest BCUT2D eigenvalue weighted by atomic mass is 16.5. The van der Waals surface area contributed by atoms with E-state index in [-0.39, 0.29) is 23.8 Å². The standard InChI is InChI=1S/C17H21N5O3/c1-10(2)15-21-17(25-22-15)14(12-3-5-24-6-4-12)20-16(23)13-7-11(8-18)9-19-13/h7,9-10,12,14,19H,3-6H2,1-2H3,(H,20,23). The lowest BCUT2D eigenvalue weighted by atomic mass is 9.91. The minimum atomic E-state index is -0.384. The van der Waals surface area contributed by atoms with Crippen LogP contribution in [0.5, 0.6) is 0 Å². The van der Waals surface area contributed by atoms with Gasteiger partial charge in [0.25, 0.3) is 5.91 Å². The number of hydrogen-bond donors (Lipinski definition) is 2. The van der Waals surface area contributed by atoms with Crippen LogP contribution in [0.4, 0.5) is 0 Å². The molecule has 2 aromatic heterocycles. The van der Waals surface area contributed by atoms with Crippen molar-refractivity contribution in [2.45, 2.75) is 38.6 Å². The van der Waals surface area contributed by atoms with Gasteiger partial charge in [-0.25, -0.2) is 0 Å². The normalized spacial score (nSPS) is 16.6. The van der Waals surface area contributed by atoms with Gasteiger partial charge in [-0.05, 0) is 24.8 Å². The average Bonchev–Trinajstić information content (AvgIpc) is 3.29. The number of amides is 1. The Balaban J connectivity index is 1.82. The number of ether oxygens (including phenoxy) is 1. The van der Waals surface area contributed by atoms with Gasteiger partial charge in [-0.1, -0.05) is 19.0 Å². The summed E-state index contributed by atoms with van der Waals surface area (Å²) in [6, 6.07) is 3.13. The lowest BCUT2D eigenvalue weighted by Crippen LogP contribution is -2.36. The van der Waals surface area contributed by atoms with Gasteiger partial charge in [0.15, 0.2) is 5.82 Å². The van der Waals surface area contributed by atoms with Crippen LogP contribution in [-0.2, 0) is 4.74 Å². The summed E-state index contributed by atoms with van der Waals surface area (Å²) in [5, 5.41) is 15.9. The first-order valence-corrected chi connectivity index (χ1v) is 8.39. The molecule has 0 aromatic carbocycles. The lowest BCUT2D eigenvalue weighted by Gasteiger charge is -2.28. The van der Waals surface area contributed by atoms with Gasteiger partial charge >= 0.3 is 0 Å². The van der Waals surface area contributed by atoms with E-state index in [0.29, 0.717) is 36.2 Å². The summed E-state index contributed by atoms with van der Waals surface area (Å²) in [6.07, 6.45) is 3.11. The summed E-state index contributed by atoms with van der Waals surface area (Å²) >= 11 is 0. The zero-order valence-electron chi connectivity index (χ0n) is 14.3. The van der Waals surface area contributed by atoms with Gasteiger partial charge in [-0.3, -0.25) is 4.79 Å². The molecular formula is C17H21N5O3. The smallest absolute Gasteiger partial charge is 0.268 e. The highest BCUT2D eigenvalue weighted by molar-refractivity contribution is 5.93. The Morgan fingerprint density at radius 1 is 1.44 bits per heavy atom. The number of rotatable bonds is 5. The van der Waals surface area contributed by atoms with Crippen LogP contribution in [-0.4, -0.2) is 34.2 Å². The number of aromatic amines is 1. The molecule has 1 atom stereocenters. The topological polar surface area (TPSA) is 117 Å². The predicted octanol–water partition coefficient (Wildman–Crippen LogP) is 2.29. The molecule has 8 nitrogen and oxygen atoms in total. The molecule has 0 saturated carbocycles. The molecule has 1 unspecified atom stereocenters. The fourth-order valence-corrected chi connectivity index (χ4v) is 2.85. The van der Waals surface area contributed by atoms with Crippen molar-refractivity contribution in [3.8, 4) is 6.07 Å². The number of carbonyl (C=O) groups is 1. The molecule has 1 fully saturated rings. The van der Waals surface area contributed by atoms with E-state index < -0.39 is 0 Å². The molecule has 3 heterocycles. The summed E-state index contributed by atoms with van der Waals surface area (Å²) in [6.45, 7) is 5.25. The minimum absolute atomic E-state index is 0.144. The highest BCUT2D eigenvalue weighted by Crippen LogP contribution is 2.30. The SMILES string of the molecule is CC(C)c1noc(C(NC(=O)c2cc(C#N)c[nH]2)C2CCOCC2)n1. The summed E-state index contributed by atoms with van der Waals surface area (Å²) in [7, 11) is 0. The van der Waals surface area contributed by atoms with E-state index in [0.717, 1.165) is 12.8 Å². The van der Waals surface area contributed by atoms with Crippen molar-refractivity contribution in [2.24, 2.45) is 5.92 Å². The summed E-state index contributed by atoms with van der Waals surface area (Å²) < 4.78 is 10.8. The Morgan fingerprint density at radius 3 is 2.80 bits per heavy atom. The van der Waals surface area contributed by atoms with Crippen LogP contribution in [0.1, 0.15) is 66.4 Å². The van der Waals surface area contributed by atoms with Gasteiger partial charge in [0.05, 0.1) is 5.56 Å². The Hall–Kier alpha value is -2.66. The van der Waals surface area contributed by atoms with E-state index in [1.165, 1.54) is 12.3 Å². The molecular weight excluding hydrogens is 322 g/mol. The Labute approximate surface area is 145 Å². The maximum atomic E-state index is 12.6. The molecule has 132 valence electrons. The van der Waals surface area contributed by atoms with Gasteiger partial charge in [-0.2, -0.15) is 10.2 Å². The van der Waals surface area contributed by atoms with E-state index in [4.69, 9.17) is 14.5 Å². The zero-order valence-corrected chi connectivity index (χ0v) is 14.3. The summed E-state index contributed by atoms with van der Waals surface area (Å²) in [5.41, 5.74) is 0.741. The second kappa shape index (κ2) is 7.49. The van der Waals surface area contributed by atoms with Crippen LogP contribution >= 0.6 is 0 Å². The first kappa shape index (κ1) is 17.2. The van der Waals surface area contributed by atoms with Crippen molar-refractivity contribution in [1.82, 2.24) is 20.4 Å². The number of nitrogens with zero attached hydrogens (tertiary/aromatic N) is 3. The molecule has 25 heavy (non-hydrogen) atoms. The maximum Gasteiger partial charge on any atom is 0.268 e. The van der Waals surface area contributed by atoms with Crippen LogP contribution in [0, 0.1) is 17.2 Å². The third-order valence-corrected chi connectivity index (χ3v) is 4.32. The number of carbonyl (C=O) groups excluding carboxylic acids is 1. The quantitative estimate of drug-likeness (QED) is 0.860. The van der Waals surface area contributed by atoms with Crippen molar-refractivity contribution < 1.29 is 14.1 Å². The van der Waals surface area contributed by atoms with E-state index in [2.05, 4.69) is 20.4 Å². The fourth-order valence-electron chi connectivity index (χ4n) is 2.85. The minimum Gasteiger partial charge on any atom is -0.381 e. The van der Waals surface area contributed by atoms with Crippen LogP contribution in [0.15, 0.2) is 16.8 Å². The lowest BCUT2D eigenvalue weighted by molar-refractivity contribution is 0.0467. The summed E-state index contributed by atoms with van der Waals surface area (Å²) in [5.74, 6) is 1.03. The third-order valence-electron chi connectivity index (χ3n) is 4.32. The number of aromatic nitrogens is 3. The molecule has 0 bridgehead atoms. The van der Waals surface area contributed by atoms with Gasteiger partial charge < -0.3 is 19.6 Å². The molecule has 8 heteroatoms. The van der Waals surface area contributed by atoms with Gasteiger partial charge in [-0.15, -0.1) is 0 Å². The van der Waals surface area contributed by atoms with Crippen molar-refractivity contribution >= 4 is 5.91 Å². The monoisotopic (exact) mass is 343 g/mol. The van der Waals surface area contributed by atoms with Crippen molar-refractivity contribution in [3.63, 3.8) is 0 Å². The van der Waals surface area contributed by atoms with Crippen LogP contribution < -0.4 is 5.32 Å². The first-order valence-electron chi connectivity index (χ1n) is 8.39. The molecule has 0 spiro atoms. The number of H-pyrrole nitrogens is 1. The van der Waals surface area contributed by atoms with Gasteiger partial charge in [0.1, 0.15) is 17.8 Å².